The summed E-state index contributed by atoms with van der Waals surface area (Å²) in [5.41, 5.74) is 4.22. The van der Waals surface area contributed by atoms with Gasteiger partial charge in [0.15, 0.2) is 0 Å². The second kappa shape index (κ2) is 4.40. The van der Waals surface area contributed by atoms with Gasteiger partial charge in [0.2, 0.25) is 0 Å². The van der Waals surface area contributed by atoms with Crippen LogP contribution in [0.5, 0.6) is 0 Å². The van der Waals surface area contributed by atoms with Crippen molar-refractivity contribution in [2.75, 3.05) is 0 Å². The number of aryl methyl sites for hydroxylation is 1. The first kappa shape index (κ1) is 10.7. The van der Waals surface area contributed by atoms with Gasteiger partial charge in [-0.1, -0.05) is 12.8 Å². The molecule has 0 unspecified atom stereocenters. The van der Waals surface area contributed by atoms with Crippen LogP contribution in [0.1, 0.15) is 42.6 Å². The van der Waals surface area contributed by atoms with Crippen LogP contribution in [0.25, 0.3) is 0 Å². The zero-order chi connectivity index (χ0) is 10.8. The molecule has 15 heavy (non-hydrogen) atoms. The van der Waals surface area contributed by atoms with Crippen molar-refractivity contribution >= 4 is 0 Å². The molecule has 2 heteroatoms. The van der Waals surface area contributed by atoms with Crippen LogP contribution in [-0.2, 0) is 13.6 Å². The van der Waals surface area contributed by atoms with E-state index < -0.39 is 0 Å². The maximum Gasteiger partial charge on any atom is 0.0225 e. The lowest BCUT2D eigenvalue weighted by molar-refractivity contribution is 0.523. The van der Waals surface area contributed by atoms with Gasteiger partial charge in [-0.2, -0.15) is 0 Å². The molecule has 0 amide bonds. The monoisotopic (exact) mass is 206 g/mol. The Labute approximate surface area is 92.7 Å². The SMILES string of the molecule is Cc1cc(CNC2CCCC2)c(C)n1C. The lowest BCUT2D eigenvalue weighted by atomic mass is 10.2. The molecule has 1 saturated carbocycles. The van der Waals surface area contributed by atoms with Gasteiger partial charge in [0.25, 0.3) is 0 Å². The van der Waals surface area contributed by atoms with E-state index in [9.17, 15) is 0 Å². The molecule has 1 fully saturated rings. The summed E-state index contributed by atoms with van der Waals surface area (Å²) in [6.07, 6.45) is 5.55. The third kappa shape index (κ3) is 2.25. The summed E-state index contributed by atoms with van der Waals surface area (Å²) >= 11 is 0. The highest BCUT2D eigenvalue weighted by Crippen LogP contribution is 2.19. The fourth-order valence-electron chi connectivity index (χ4n) is 2.50. The predicted octanol–water partition coefficient (Wildman–Crippen LogP) is 2.67. The van der Waals surface area contributed by atoms with Crippen molar-refractivity contribution < 1.29 is 0 Å². The molecule has 1 N–H and O–H groups in total. The number of rotatable bonds is 3. The molecule has 0 radical (unpaired) electrons. The second-order valence-electron chi connectivity index (χ2n) is 4.82. The van der Waals surface area contributed by atoms with Crippen LogP contribution in [0.4, 0.5) is 0 Å². The molecule has 0 aromatic carbocycles. The summed E-state index contributed by atoms with van der Waals surface area (Å²) in [4.78, 5) is 0. The molecule has 2 nitrogen and oxygen atoms in total. The number of hydrogen-bond donors (Lipinski definition) is 1. The van der Waals surface area contributed by atoms with Gasteiger partial charge in [0.05, 0.1) is 0 Å². The summed E-state index contributed by atoms with van der Waals surface area (Å²) in [6, 6.07) is 3.07. The van der Waals surface area contributed by atoms with Gasteiger partial charge in [-0.3, -0.25) is 0 Å². The molecule has 84 valence electrons. The molecule has 1 aliphatic rings. The molecule has 2 rings (SSSR count). The number of hydrogen-bond acceptors (Lipinski definition) is 1. The first-order valence-electron chi connectivity index (χ1n) is 6.03. The maximum absolute atomic E-state index is 3.67. The molecule has 0 bridgehead atoms. The Hall–Kier alpha value is -0.760. The fourth-order valence-corrected chi connectivity index (χ4v) is 2.50. The predicted molar refractivity (Wildman–Crippen MR) is 64.0 cm³/mol. The molecule has 0 spiro atoms. The highest BCUT2D eigenvalue weighted by molar-refractivity contribution is 5.26. The van der Waals surface area contributed by atoms with Crippen molar-refractivity contribution in [2.45, 2.75) is 52.1 Å². The highest BCUT2D eigenvalue weighted by Gasteiger charge is 2.14. The summed E-state index contributed by atoms with van der Waals surface area (Å²) in [6.45, 7) is 5.42. The van der Waals surface area contributed by atoms with Crippen molar-refractivity contribution in [3.63, 3.8) is 0 Å². The van der Waals surface area contributed by atoms with Crippen molar-refractivity contribution in [1.82, 2.24) is 9.88 Å². The Morgan fingerprint density at radius 2 is 2.00 bits per heavy atom. The van der Waals surface area contributed by atoms with E-state index in [1.807, 2.05) is 0 Å². The minimum Gasteiger partial charge on any atom is -0.352 e. The van der Waals surface area contributed by atoms with E-state index in [4.69, 9.17) is 0 Å². The fraction of sp³-hybridized carbons (Fsp3) is 0.692. The largest absolute Gasteiger partial charge is 0.352 e. The van der Waals surface area contributed by atoms with Gasteiger partial charge >= 0.3 is 0 Å². The Kier molecular flexibility index (Phi) is 3.15. The second-order valence-corrected chi connectivity index (χ2v) is 4.82. The van der Waals surface area contributed by atoms with Crippen molar-refractivity contribution in [3.05, 3.63) is 23.0 Å². The molecule has 1 heterocycles. The van der Waals surface area contributed by atoms with Crippen LogP contribution in [0.15, 0.2) is 6.07 Å². The van der Waals surface area contributed by atoms with E-state index in [1.165, 1.54) is 42.6 Å². The maximum atomic E-state index is 3.67. The minimum absolute atomic E-state index is 0.768. The van der Waals surface area contributed by atoms with Crippen LogP contribution < -0.4 is 5.32 Å². The van der Waals surface area contributed by atoms with Crippen LogP contribution in [-0.4, -0.2) is 10.6 Å². The molecule has 1 aromatic heterocycles. The topological polar surface area (TPSA) is 17.0 Å². The average molecular weight is 206 g/mol. The molecule has 1 aliphatic carbocycles. The minimum atomic E-state index is 0.768. The molecule has 1 aromatic rings. The van der Waals surface area contributed by atoms with Crippen LogP contribution in [0, 0.1) is 13.8 Å². The molecule has 0 aliphatic heterocycles. The Morgan fingerprint density at radius 1 is 1.33 bits per heavy atom. The smallest absolute Gasteiger partial charge is 0.0225 e. The lowest BCUT2D eigenvalue weighted by Gasteiger charge is -2.11. The first-order chi connectivity index (χ1) is 7.18. The van der Waals surface area contributed by atoms with E-state index in [0.717, 1.165) is 12.6 Å². The average Bonchev–Trinajstić information content (AvgIpc) is 2.80. The van der Waals surface area contributed by atoms with E-state index in [2.05, 4.69) is 36.8 Å². The van der Waals surface area contributed by atoms with Crippen LogP contribution >= 0.6 is 0 Å². The van der Waals surface area contributed by atoms with Crippen LogP contribution in [0.3, 0.4) is 0 Å². The summed E-state index contributed by atoms with van der Waals surface area (Å²) < 4.78 is 2.27. The van der Waals surface area contributed by atoms with E-state index in [1.54, 1.807) is 0 Å². The third-order valence-corrected chi connectivity index (χ3v) is 3.82. The number of aromatic nitrogens is 1. The van der Waals surface area contributed by atoms with Crippen LogP contribution in [0.2, 0.25) is 0 Å². The van der Waals surface area contributed by atoms with Gasteiger partial charge < -0.3 is 9.88 Å². The lowest BCUT2D eigenvalue weighted by Crippen LogP contribution is -2.25. The Bertz CT molecular complexity index is 333. The molecule has 0 atom stereocenters. The Morgan fingerprint density at radius 3 is 2.53 bits per heavy atom. The van der Waals surface area contributed by atoms with Crippen molar-refractivity contribution in [3.8, 4) is 0 Å². The third-order valence-electron chi connectivity index (χ3n) is 3.82. The summed E-state index contributed by atoms with van der Waals surface area (Å²) in [7, 11) is 2.14. The first-order valence-corrected chi connectivity index (χ1v) is 6.03. The van der Waals surface area contributed by atoms with Gasteiger partial charge in [-0.05, 0) is 38.3 Å². The van der Waals surface area contributed by atoms with Gasteiger partial charge in [0, 0.05) is 31.0 Å². The zero-order valence-corrected chi connectivity index (χ0v) is 10.1. The van der Waals surface area contributed by atoms with E-state index in [0.29, 0.717) is 0 Å². The standard InChI is InChI=1S/C13H22N2/c1-10-8-12(11(2)15(10)3)9-14-13-6-4-5-7-13/h8,13-14H,4-7,9H2,1-3H3. The normalized spacial score (nSPS) is 17.5. The summed E-state index contributed by atoms with van der Waals surface area (Å²) in [5.74, 6) is 0. The molecular formula is C13H22N2. The highest BCUT2D eigenvalue weighted by atomic mass is 15.0. The number of nitrogens with zero attached hydrogens (tertiary/aromatic N) is 1. The summed E-state index contributed by atoms with van der Waals surface area (Å²) in [5, 5.41) is 3.67. The van der Waals surface area contributed by atoms with Gasteiger partial charge in [-0.25, -0.2) is 0 Å². The Balaban J connectivity index is 1.95. The number of nitrogens with one attached hydrogen (secondary N) is 1. The molecular weight excluding hydrogens is 184 g/mol. The van der Waals surface area contributed by atoms with Gasteiger partial charge in [-0.15, -0.1) is 0 Å². The van der Waals surface area contributed by atoms with Gasteiger partial charge in [0.1, 0.15) is 0 Å². The van der Waals surface area contributed by atoms with Crippen molar-refractivity contribution in [1.29, 1.82) is 0 Å². The quantitative estimate of drug-likeness (QED) is 0.804. The van der Waals surface area contributed by atoms with E-state index in [-0.39, 0.29) is 0 Å². The molecule has 0 saturated heterocycles. The zero-order valence-electron chi connectivity index (χ0n) is 10.1. The van der Waals surface area contributed by atoms with Crippen molar-refractivity contribution in [2.24, 2.45) is 7.05 Å². The van der Waals surface area contributed by atoms with E-state index >= 15 is 0 Å².